The van der Waals surface area contributed by atoms with Crippen LogP contribution in [-0.2, 0) is 4.74 Å². The fourth-order valence-corrected chi connectivity index (χ4v) is 2.55. The molecule has 2 rings (SSSR count). The Morgan fingerprint density at radius 2 is 2.27 bits per heavy atom. The van der Waals surface area contributed by atoms with Crippen LogP contribution in [-0.4, -0.2) is 31.3 Å². The Kier molecular flexibility index (Phi) is 4.92. The summed E-state index contributed by atoms with van der Waals surface area (Å²) >= 11 is 0. The number of amides is 1. The van der Waals surface area contributed by atoms with Crippen LogP contribution in [0.4, 0.5) is 10.5 Å². The topological polar surface area (TPSA) is 65.4 Å². The van der Waals surface area contributed by atoms with Crippen molar-refractivity contribution in [3.05, 3.63) is 29.8 Å². The molecule has 1 amide bonds. The molecule has 0 saturated carbocycles. The van der Waals surface area contributed by atoms with Gasteiger partial charge in [-0.1, -0.05) is 6.07 Å². The van der Waals surface area contributed by atoms with Crippen molar-refractivity contribution in [2.24, 2.45) is 5.92 Å². The third-order valence-corrected chi connectivity index (χ3v) is 3.56. The normalized spacial score (nSPS) is 17.9. The Hall–Kier alpha value is -2.22. The van der Waals surface area contributed by atoms with E-state index >= 15 is 0 Å². The number of hydrogen-bond acceptors (Lipinski definition) is 4. The summed E-state index contributed by atoms with van der Waals surface area (Å²) in [7, 11) is 0. The van der Waals surface area contributed by atoms with E-state index in [-0.39, 0.29) is 6.09 Å². The van der Waals surface area contributed by atoms with E-state index in [1.807, 2.05) is 39.0 Å². The van der Waals surface area contributed by atoms with E-state index in [0.717, 1.165) is 25.2 Å². The Bertz CT molecular complexity index is 572. The van der Waals surface area contributed by atoms with Crippen LogP contribution in [0.2, 0.25) is 0 Å². The Morgan fingerprint density at radius 1 is 1.50 bits per heavy atom. The second-order valence-corrected chi connectivity index (χ2v) is 6.65. The van der Waals surface area contributed by atoms with Crippen LogP contribution >= 0.6 is 0 Å². The molecule has 0 aromatic heterocycles. The number of nitriles is 1. The number of rotatable bonds is 3. The molecule has 1 aliphatic rings. The van der Waals surface area contributed by atoms with Crippen molar-refractivity contribution < 1.29 is 9.53 Å². The van der Waals surface area contributed by atoms with Crippen LogP contribution < -0.4 is 10.2 Å². The zero-order chi connectivity index (χ0) is 16.2. The van der Waals surface area contributed by atoms with Gasteiger partial charge in [-0.25, -0.2) is 4.79 Å². The molecule has 0 bridgehead atoms. The maximum atomic E-state index is 11.7. The van der Waals surface area contributed by atoms with Crippen LogP contribution in [0.25, 0.3) is 0 Å². The molecule has 1 atom stereocenters. The van der Waals surface area contributed by atoms with Crippen LogP contribution in [0.1, 0.15) is 32.8 Å². The van der Waals surface area contributed by atoms with E-state index in [4.69, 9.17) is 10.00 Å². The summed E-state index contributed by atoms with van der Waals surface area (Å²) in [5.41, 5.74) is 1.27. The molecular weight excluding hydrogens is 278 g/mol. The molecule has 1 heterocycles. The first kappa shape index (κ1) is 16.2. The lowest BCUT2D eigenvalue weighted by atomic mass is 10.1. The van der Waals surface area contributed by atoms with E-state index < -0.39 is 5.60 Å². The van der Waals surface area contributed by atoms with Gasteiger partial charge in [0.05, 0.1) is 11.6 Å². The summed E-state index contributed by atoms with van der Waals surface area (Å²) in [6.07, 6.45) is 0.657. The van der Waals surface area contributed by atoms with Crippen molar-refractivity contribution >= 4 is 11.8 Å². The minimum absolute atomic E-state index is 0.363. The maximum Gasteiger partial charge on any atom is 0.407 e. The van der Waals surface area contributed by atoms with Crippen LogP contribution in [0, 0.1) is 17.2 Å². The Labute approximate surface area is 131 Å². The molecule has 1 N–H and O–H groups in total. The summed E-state index contributed by atoms with van der Waals surface area (Å²) in [6, 6.07) is 9.80. The molecule has 1 aliphatic heterocycles. The number of hydrogen-bond donors (Lipinski definition) is 1. The van der Waals surface area contributed by atoms with Gasteiger partial charge in [0.2, 0.25) is 0 Å². The van der Waals surface area contributed by atoms with Gasteiger partial charge >= 0.3 is 6.09 Å². The minimum atomic E-state index is -0.469. The first-order valence-corrected chi connectivity index (χ1v) is 7.59. The number of anilines is 1. The highest BCUT2D eigenvalue weighted by atomic mass is 16.6. The Balaban J connectivity index is 1.83. The van der Waals surface area contributed by atoms with Crippen molar-refractivity contribution in [1.82, 2.24) is 5.32 Å². The fourth-order valence-electron chi connectivity index (χ4n) is 2.55. The van der Waals surface area contributed by atoms with Gasteiger partial charge in [-0.3, -0.25) is 0 Å². The van der Waals surface area contributed by atoms with Gasteiger partial charge in [-0.2, -0.15) is 5.26 Å². The highest BCUT2D eigenvalue weighted by molar-refractivity contribution is 5.67. The molecule has 0 aliphatic carbocycles. The van der Waals surface area contributed by atoms with Gasteiger partial charge < -0.3 is 15.0 Å². The molecule has 1 aromatic carbocycles. The van der Waals surface area contributed by atoms with E-state index in [9.17, 15) is 4.79 Å². The molecule has 1 saturated heterocycles. The molecule has 1 aromatic rings. The van der Waals surface area contributed by atoms with Crippen molar-refractivity contribution in [2.45, 2.75) is 32.8 Å². The van der Waals surface area contributed by atoms with Crippen LogP contribution in [0.3, 0.4) is 0 Å². The summed E-state index contributed by atoms with van der Waals surface area (Å²) in [5, 5.41) is 11.8. The highest BCUT2D eigenvalue weighted by Crippen LogP contribution is 2.24. The Morgan fingerprint density at radius 3 is 2.95 bits per heavy atom. The van der Waals surface area contributed by atoms with Crippen molar-refractivity contribution in [1.29, 1.82) is 5.26 Å². The van der Waals surface area contributed by atoms with Crippen molar-refractivity contribution in [2.75, 3.05) is 24.5 Å². The van der Waals surface area contributed by atoms with E-state index in [0.29, 0.717) is 18.0 Å². The quantitative estimate of drug-likeness (QED) is 0.932. The smallest absolute Gasteiger partial charge is 0.407 e. The van der Waals surface area contributed by atoms with Crippen molar-refractivity contribution in [3.63, 3.8) is 0 Å². The SMILES string of the molecule is CC(C)(C)OC(=O)NCC1CCN(c2cccc(C#N)c2)C1. The standard InChI is InChI=1S/C17H23N3O2/c1-17(2,3)22-16(21)19-11-14-7-8-20(12-14)15-6-4-5-13(9-15)10-18/h4-6,9,14H,7-8,11-12H2,1-3H3,(H,19,21). The lowest BCUT2D eigenvalue weighted by Crippen LogP contribution is -2.36. The fraction of sp³-hybridized carbons (Fsp3) is 0.529. The van der Waals surface area contributed by atoms with Gasteiger partial charge in [0, 0.05) is 25.3 Å². The number of nitrogens with one attached hydrogen (secondary N) is 1. The lowest BCUT2D eigenvalue weighted by molar-refractivity contribution is 0.0520. The van der Waals surface area contributed by atoms with E-state index in [2.05, 4.69) is 16.3 Å². The average Bonchev–Trinajstić information content (AvgIpc) is 2.92. The lowest BCUT2D eigenvalue weighted by Gasteiger charge is -2.21. The molecule has 1 unspecified atom stereocenters. The van der Waals surface area contributed by atoms with Gasteiger partial charge in [-0.05, 0) is 51.3 Å². The zero-order valence-electron chi connectivity index (χ0n) is 13.4. The van der Waals surface area contributed by atoms with E-state index in [1.54, 1.807) is 6.07 Å². The van der Waals surface area contributed by atoms with E-state index in [1.165, 1.54) is 0 Å². The zero-order valence-corrected chi connectivity index (χ0v) is 13.4. The first-order valence-electron chi connectivity index (χ1n) is 7.59. The number of carbonyl (C=O) groups is 1. The third-order valence-electron chi connectivity index (χ3n) is 3.56. The van der Waals surface area contributed by atoms with Gasteiger partial charge in [0.15, 0.2) is 0 Å². The predicted octanol–water partition coefficient (Wildman–Crippen LogP) is 2.91. The summed E-state index contributed by atoms with van der Waals surface area (Å²) in [4.78, 5) is 13.9. The van der Waals surface area contributed by atoms with Crippen LogP contribution in [0.5, 0.6) is 0 Å². The number of alkyl carbamates (subject to hydrolysis) is 1. The van der Waals surface area contributed by atoms with Crippen molar-refractivity contribution in [3.8, 4) is 6.07 Å². The molecule has 22 heavy (non-hydrogen) atoms. The monoisotopic (exact) mass is 301 g/mol. The second-order valence-electron chi connectivity index (χ2n) is 6.65. The molecule has 118 valence electrons. The van der Waals surface area contributed by atoms with Gasteiger partial charge in [0.1, 0.15) is 5.60 Å². The third kappa shape index (κ3) is 4.66. The first-order chi connectivity index (χ1) is 10.4. The summed E-state index contributed by atoms with van der Waals surface area (Å²) < 4.78 is 5.24. The maximum absolute atomic E-state index is 11.7. The largest absolute Gasteiger partial charge is 0.444 e. The predicted molar refractivity (Wildman–Crippen MR) is 85.7 cm³/mol. The summed E-state index contributed by atoms with van der Waals surface area (Å²) in [5.74, 6) is 0.401. The molecule has 0 spiro atoms. The molecule has 5 heteroatoms. The van der Waals surface area contributed by atoms with Gasteiger partial charge in [0.25, 0.3) is 0 Å². The summed E-state index contributed by atoms with van der Waals surface area (Å²) in [6.45, 7) is 7.99. The van der Waals surface area contributed by atoms with Gasteiger partial charge in [-0.15, -0.1) is 0 Å². The van der Waals surface area contributed by atoms with Crippen LogP contribution in [0.15, 0.2) is 24.3 Å². The molecule has 0 radical (unpaired) electrons. The number of benzene rings is 1. The average molecular weight is 301 g/mol. The molecular formula is C17H23N3O2. The molecule has 5 nitrogen and oxygen atoms in total. The second kappa shape index (κ2) is 6.69. The number of nitrogens with zero attached hydrogens (tertiary/aromatic N) is 2. The molecule has 1 fully saturated rings. The minimum Gasteiger partial charge on any atom is -0.444 e. The number of ether oxygens (including phenoxy) is 1. The highest BCUT2D eigenvalue weighted by Gasteiger charge is 2.24. The number of carbonyl (C=O) groups excluding carboxylic acids is 1.